The molecule has 0 unspecified atom stereocenters. The first kappa shape index (κ1) is 25.6. The molecular weight excluding hydrogens is 440 g/mol. The summed E-state index contributed by atoms with van der Waals surface area (Å²) in [6.45, 7) is 4.89. The molecule has 1 saturated heterocycles. The minimum atomic E-state index is -0.179. The molecule has 12 heteroatoms. The molecule has 1 aromatic carbocycles. The van der Waals surface area contributed by atoms with E-state index in [-0.39, 0.29) is 12.5 Å². The van der Waals surface area contributed by atoms with Gasteiger partial charge >= 0.3 is 0 Å². The van der Waals surface area contributed by atoms with Gasteiger partial charge in [-0.05, 0) is 37.1 Å². The minimum Gasteiger partial charge on any atom is -0.395 e. The lowest BCUT2D eigenvalue weighted by Crippen LogP contribution is -2.27. The highest BCUT2D eigenvalue weighted by Crippen LogP contribution is 2.21. The van der Waals surface area contributed by atoms with Crippen LogP contribution in [0.1, 0.15) is 23.2 Å². The normalized spacial score (nSPS) is 13.2. The number of anilines is 4. The molecule has 186 valence electrons. The summed E-state index contributed by atoms with van der Waals surface area (Å²) in [5.41, 5.74) is 6.62. The van der Waals surface area contributed by atoms with Crippen molar-refractivity contribution in [3.05, 3.63) is 29.8 Å². The standard InChI is InChI=1S/C22H34N8O4/c23-7-13-33-15-16-34-14-9-24-19(32)17-3-5-18(6-4-17)26-21-27-20(25-8-12-31)28-22(29-21)30-10-1-2-11-30/h3-6,31H,1-2,7-16,23H2,(H,24,32)(H2,25,26,27,28,29). The fourth-order valence-electron chi connectivity index (χ4n) is 3.30. The average Bonchev–Trinajstić information content (AvgIpc) is 3.40. The fourth-order valence-corrected chi connectivity index (χ4v) is 3.30. The second-order valence-corrected chi connectivity index (χ2v) is 7.60. The first-order valence-corrected chi connectivity index (χ1v) is 11.6. The molecule has 0 radical (unpaired) electrons. The number of aliphatic hydroxyl groups excluding tert-OH is 1. The number of carbonyl (C=O) groups is 1. The number of hydrogen-bond acceptors (Lipinski definition) is 11. The summed E-state index contributed by atoms with van der Waals surface area (Å²) >= 11 is 0. The van der Waals surface area contributed by atoms with Crippen LogP contribution in [0.25, 0.3) is 0 Å². The third kappa shape index (κ3) is 8.37. The van der Waals surface area contributed by atoms with E-state index >= 15 is 0 Å². The van der Waals surface area contributed by atoms with Crippen molar-refractivity contribution < 1.29 is 19.4 Å². The smallest absolute Gasteiger partial charge is 0.251 e. The number of nitrogens with zero attached hydrogens (tertiary/aromatic N) is 4. The Morgan fingerprint density at radius 2 is 1.68 bits per heavy atom. The highest BCUT2D eigenvalue weighted by Gasteiger charge is 2.17. The van der Waals surface area contributed by atoms with Crippen LogP contribution in [0.2, 0.25) is 0 Å². The van der Waals surface area contributed by atoms with Gasteiger partial charge < -0.3 is 41.2 Å². The summed E-state index contributed by atoms with van der Waals surface area (Å²) in [7, 11) is 0. The van der Waals surface area contributed by atoms with E-state index in [1.165, 1.54) is 0 Å². The van der Waals surface area contributed by atoms with Crippen molar-refractivity contribution in [1.82, 2.24) is 20.3 Å². The molecule has 34 heavy (non-hydrogen) atoms. The summed E-state index contributed by atoms with van der Waals surface area (Å²) in [5.74, 6) is 1.21. The Morgan fingerprint density at radius 3 is 2.38 bits per heavy atom. The van der Waals surface area contributed by atoms with E-state index in [2.05, 4.69) is 35.8 Å². The Morgan fingerprint density at radius 1 is 0.971 bits per heavy atom. The van der Waals surface area contributed by atoms with Gasteiger partial charge in [0.05, 0.1) is 33.0 Å². The van der Waals surface area contributed by atoms with Gasteiger partial charge in [0.25, 0.3) is 5.91 Å². The van der Waals surface area contributed by atoms with Crippen molar-refractivity contribution in [2.75, 3.05) is 81.3 Å². The molecule has 1 aliphatic rings. The van der Waals surface area contributed by atoms with Crippen LogP contribution >= 0.6 is 0 Å². The van der Waals surface area contributed by atoms with Crippen molar-refractivity contribution in [3.63, 3.8) is 0 Å². The molecule has 0 saturated carbocycles. The topological polar surface area (TPSA) is 160 Å². The number of aliphatic hydroxyl groups is 1. The van der Waals surface area contributed by atoms with Gasteiger partial charge in [-0.2, -0.15) is 15.0 Å². The van der Waals surface area contributed by atoms with Crippen molar-refractivity contribution in [2.24, 2.45) is 5.73 Å². The molecule has 0 spiro atoms. The third-order valence-electron chi connectivity index (χ3n) is 4.98. The third-order valence-corrected chi connectivity index (χ3v) is 4.98. The van der Waals surface area contributed by atoms with Gasteiger partial charge in [0.15, 0.2) is 0 Å². The van der Waals surface area contributed by atoms with E-state index in [4.69, 9.17) is 20.3 Å². The van der Waals surface area contributed by atoms with Crippen molar-refractivity contribution in [2.45, 2.75) is 12.8 Å². The lowest BCUT2D eigenvalue weighted by Gasteiger charge is -2.17. The van der Waals surface area contributed by atoms with Crippen LogP contribution in [0.4, 0.5) is 23.5 Å². The number of amides is 1. The number of nitrogens with one attached hydrogen (secondary N) is 3. The molecule has 3 rings (SSSR count). The second kappa shape index (κ2) is 14.3. The molecule has 1 fully saturated rings. The van der Waals surface area contributed by atoms with Gasteiger partial charge in [-0.3, -0.25) is 4.79 Å². The SMILES string of the molecule is NCCOCCOCCNC(=O)c1ccc(Nc2nc(NCCO)nc(N3CCCC3)n2)cc1. The summed E-state index contributed by atoms with van der Waals surface area (Å²) in [6, 6.07) is 7.04. The van der Waals surface area contributed by atoms with E-state index in [1.54, 1.807) is 24.3 Å². The Kier molecular flexibility index (Phi) is 10.7. The van der Waals surface area contributed by atoms with Gasteiger partial charge in [0.1, 0.15) is 0 Å². The van der Waals surface area contributed by atoms with E-state index < -0.39 is 0 Å². The van der Waals surface area contributed by atoms with E-state index in [9.17, 15) is 4.79 Å². The first-order chi connectivity index (χ1) is 16.7. The summed E-state index contributed by atoms with van der Waals surface area (Å²) < 4.78 is 10.6. The Balaban J connectivity index is 1.51. The average molecular weight is 475 g/mol. The van der Waals surface area contributed by atoms with E-state index in [0.717, 1.165) is 31.6 Å². The van der Waals surface area contributed by atoms with Gasteiger partial charge in [-0.1, -0.05) is 0 Å². The van der Waals surface area contributed by atoms with Gasteiger partial charge in [-0.25, -0.2) is 0 Å². The molecule has 2 heterocycles. The quantitative estimate of drug-likeness (QED) is 0.226. The van der Waals surface area contributed by atoms with E-state index in [0.29, 0.717) is 69.5 Å². The highest BCUT2D eigenvalue weighted by atomic mass is 16.5. The molecule has 2 aromatic rings. The van der Waals surface area contributed by atoms with Crippen LogP contribution in [-0.2, 0) is 9.47 Å². The van der Waals surface area contributed by atoms with E-state index in [1.807, 2.05) is 0 Å². The number of rotatable bonds is 15. The van der Waals surface area contributed by atoms with Crippen LogP contribution in [0, 0.1) is 0 Å². The van der Waals surface area contributed by atoms with Crippen LogP contribution in [0.15, 0.2) is 24.3 Å². The number of aromatic nitrogens is 3. The summed E-state index contributed by atoms with van der Waals surface area (Å²) in [5, 5.41) is 18.1. The van der Waals surface area contributed by atoms with Crippen molar-refractivity contribution >= 4 is 29.4 Å². The number of carbonyl (C=O) groups excluding carboxylic acids is 1. The van der Waals surface area contributed by atoms with Crippen LogP contribution in [0.3, 0.4) is 0 Å². The van der Waals surface area contributed by atoms with Gasteiger partial charge in [-0.15, -0.1) is 0 Å². The number of benzene rings is 1. The second-order valence-electron chi connectivity index (χ2n) is 7.60. The zero-order chi connectivity index (χ0) is 24.0. The largest absolute Gasteiger partial charge is 0.395 e. The molecule has 0 bridgehead atoms. The fraction of sp³-hybridized carbons (Fsp3) is 0.545. The highest BCUT2D eigenvalue weighted by molar-refractivity contribution is 5.94. The molecule has 1 amide bonds. The van der Waals surface area contributed by atoms with Crippen molar-refractivity contribution in [3.8, 4) is 0 Å². The maximum Gasteiger partial charge on any atom is 0.251 e. The molecule has 0 atom stereocenters. The van der Waals surface area contributed by atoms with Crippen molar-refractivity contribution in [1.29, 1.82) is 0 Å². The predicted octanol–water partition coefficient (Wildman–Crippen LogP) is 0.341. The molecule has 12 nitrogen and oxygen atoms in total. The Bertz CT molecular complexity index is 878. The molecular formula is C22H34N8O4. The monoisotopic (exact) mass is 474 g/mol. The zero-order valence-corrected chi connectivity index (χ0v) is 19.3. The molecule has 1 aliphatic heterocycles. The number of nitrogens with two attached hydrogens (primary N) is 1. The molecule has 6 N–H and O–H groups in total. The Hall–Kier alpha value is -3.06. The predicted molar refractivity (Wildman–Crippen MR) is 130 cm³/mol. The number of hydrogen-bond donors (Lipinski definition) is 5. The first-order valence-electron chi connectivity index (χ1n) is 11.6. The minimum absolute atomic E-state index is 0.0215. The Labute approximate surface area is 199 Å². The summed E-state index contributed by atoms with van der Waals surface area (Å²) in [4.78, 5) is 27.8. The maximum absolute atomic E-state index is 12.3. The van der Waals surface area contributed by atoms with Gasteiger partial charge in [0.2, 0.25) is 17.8 Å². The van der Waals surface area contributed by atoms with Crippen LogP contribution in [0.5, 0.6) is 0 Å². The van der Waals surface area contributed by atoms with Crippen LogP contribution < -0.4 is 26.6 Å². The zero-order valence-electron chi connectivity index (χ0n) is 19.3. The molecule has 1 aromatic heterocycles. The van der Waals surface area contributed by atoms with Gasteiger partial charge in [0, 0.05) is 44.0 Å². The lowest BCUT2D eigenvalue weighted by atomic mass is 10.2. The lowest BCUT2D eigenvalue weighted by molar-refractivity contribution is 0.0511. The summed E-state index contributed by atoms with van der Waals surface area (Å²) in [6.07, 6.45) is 2.21. The molecule has 0 aliphatic carbocycles. The maximum atomic E-state index is 12.3. The number of ether oxygens (including phenoxy) is 2. The van der Waals surface area contributed by atoms with Crippen LogP contribution in [-0.4, -0.2) is 91.7 Å².